The van der Waals surface area contributed by atoms with E-state index in [1.807, 2.05) is 43.3 Å². The van der Waals surface area contributed by atoms with E-state index in [1.165, 1.54) is 14.2 Å². The lowest BCUT2D eigenvalue weighted by Crippen LogP contribution is -2.35. The van der Waals surface area contributed by atoms with E-state index < -0.39 is 17.7 Å². The summed E-state index contributed by atoms with van der Waals surface area (Å²) < 4.78 is 10.6. The van der Waals surface area contributed by atoms with Gasteiger partial charge in [0.2, 0.25) is 0 Å². The second-order valence-corrected chi connectivity index (χ2v) is 8.69. The maximum absolute atomic E-state index is 13.1. The molecule has 0 saturated carbocycles. The van der Waals surface area contributed by atoms with Crippen LogP contribution >= 0.6 is 0 Å². The minimum absolute atomic E-state index is 0.0725. The van der Waals surface area contributed by atoms with E-state index in [1.54, 1.807) is 23.1 Å². The van der Waals surface area contributed by atoms with Gasteiger partial charge >= 0.3 is 0 Å². The van der Waals surface area contributed by atoms with Crippen LogP contribution in [0.25, 0.3) is 5.76 Å². The second kappa shape index (κ2) is 10.1. The fourth-order valence-electron chi connectivity index (χ4n) is 3.97. The zero-order valence-corrected chi connectivity index (χ0v) is 20.1. The van der Waals surface area contributed by atoms with Crippen molar-refractivity contribution in [2.45, 2.75) is 25.8 Å². The minimum Gasteiger partial charge on any atom is -0.507 e. The van der Waals surface area contributed by atoms with Crippen LogP contribution in [0.4, 0.5) is 0 Å². The van der Waals surface area contributed by atoms with Gasteiger partial charge in [-0.1, -0.05) is 38.1 Å². The lowest BCUT2D eigenvalue weighted by Gasteiger charge is -2.27. The predicted molar refractivity (Wildman–Crippen MR) is 128 cm³/mol. The molecule has 176 valence electrons. The molecule has 1 aliphatic rings. The summed E-state index contributed by atoms with van der Waals surface area (Å²) in [5.41, 5.74) is 2.38. The molecule has 1 saturated heterocycles. The quantitative estimate of drug-likeness (QED) is 0.373. The Labute approximate surface area is 195 Å². The first-order valence-electron chi connectivity index (χ1n) is 10.9. The SMILES string of the molecule is COc1ccc(/C(O)=C2\C(=O)C(=O)N(CCN(C)C)[C@H]2c2ccc(C(C)C)cc2)cc1OC. The molecule has 1 fully saturated rings. The van der Waals surface area contributed by atoms with Gasteiger partial charge in [-0.3, -0.25) is 9.59 Å². The van der Waals surface area contributed by atoms with Crippen LogP contribution in [0, 0.1) is 0 Å². The largest absolute Gasteiger partial charge is 0.507 e. The van der Waals surface area contributed by atoms with Gasteiger partial charge < -0.3 is 24.4 Å². The monoisotopic (exact) mass is 452 g/mol. The van der Waals surface area contributed by atoms with Gasteiger partial charge in [-0.05, 0) is 49.3 Å². The van der Waals surface area contributed by atoms with Gasteiger partial charge in [0.1, 0.15) is 5.76 Å². The number of carbonyl (C=O) groups excluding carboxylic acids is 2. The smallest absolute Gasteiger partial charge is 0.295 e. The summed E-state index contributed by atoms with van der Waals surface area (Å²) in [6.45, 7) is 5.16. The van der Waals surface area contributed by atoms with Crippen LogP contribution < -0.4 is 9.47 Å². The van der Waals surface area contributed by atoms with E-state index in [0.717, 1.165) is 11.1 Å². The zero-order valence-electron chi connectivity index (χ0n) is 20.1. The molecule has 1 aliphatic heterocycles. The molecule has 7 nitrogen and oxygen atoms in total. The van der Waals surface area contributed by atoms with E-state index in [4.69, 9.17) is 9.47 Å². The van der Waals surface area contributed by atoms with Crippen LogP contribution in [0.5, 0.6) is 11.5 Å². The number of nitrogens with zero attached hydrogens (tertiary/aromatic N) is 2. The molecule has 2 aromatic carbocycles. The number of hydrogen-bond donors (Lipinski definition) is 1. The Hall–Kier alpha value is -3.32. The van der Waals surface area contributed by atoms with E-state index in [-0.39, 0.29) is 11.3 Å². The Morgan fingerprint density at radius 2 is 1.67 bits per heavy atom. The van der Waals surface area contributed by atoms with Gasteiger partial charge in [-0.2, -0.15) is 0 Å². The van der Waals surface area contributed by atoms with E-state index in [2.05, 4.69) is 13.8 Å². The summed E-state index contributed by atoms with van der Waals surface area (Å²) in [6, 6.07) is 12.1. The molecule has 3 rings (SSSR count). The van der Waals surface area contributed by atoms with Gasteiger partial charge in [-0.25, -0.2) is 0 Å². The van der Waals surface area contributed by atoms with Crippen molar-refractivity contribution in [2.75, 3.05) is 41.4 Å². The minimum atomic E-state index is -0.695. The first-order chi connectivity index (χ1) is 15.7. The third-order valence-corrected chi connectivity index (χ3v) is 5.90. The molecule has 1 atom stereocenters. The Morgan fingerprint density at radius 3 is 2.21 bits per heavy atom. The Kier molecular flexibility index (Phi) is 7.43. The number of ketones is 1. The van der Waals surface area contributed by atoms with Crippen molar-refractivity contribution < 1.29 is 24.2 Å². The molecular formula is C26H32N2O5. The molecule has 0 aromatic heterocycles. The molecule has 0 aliphatic carbocycles. The second-order valence-electron chi connectivity index (χ2n) is 8.69. The van der Waals surface area contributed by atoms with Gasteiger partial charge in [-0.15, -0.1) is 0 Å². The van der Waals surface area contributed by atoms with E-state index in [0.29, 0.717) is 36.1 Å². The van der Waals surface area contributed by atoms with Gasteiger partial charge in [0.15, 0.2) is 11.5 Å². The van der Waals surface area contributed by atoms with Crippen LogP contribution in [0.1, 0.15) is 42.5 Å². The zero-order chi connectivity index (χ0) is 24.3. The predicted octanol–water partition coefficient (Wildman–Crippen LogP) is 3.81. The molecule has 0 spiro atoms. The number of methoxy groups -OCH3 is 2. The number of rotatable bonds is 8. The van der Waals surface area contributed by atoms with Crippen molar-refractivity contribution in [1.82, 2.24) is 9.80 Å². The lowest BCUT2D eigenvalue weighted by molar-refractivity contribution is -0.140. The summed E-state index contributed by atoms with van der Waals surface area (Å²) in [5, 5.41) is 11.2. The molecule has 0 radical (unpaired) electrons. The van der Waals surface area contributed by atoms with Crippen LogP contribution in [0.3, 0.4) is 0 Å². The molecule has 33 heavy (non-hydrogen) atoms. The summed E-state index contributed by atoms with van der Waals surface area (Å²) >= 11 is 0. The molecule has 1 N–H and O–H groups in total. The van der Waals surface area contributed by atoms with Crippen LogP contribution in [0.2, 0.25) is 0 Å². The number of carbonyl (C=O) groups is 2. The first-order valence-corrected chi connectivity index (χ1v) is 10.9. The topological polar surface area (TPSA) is 79.3 Å². The van der Waals surface area contributed by atoms with Crippen molar-refractivity contribution in [3.05, 3.63) is 64.7 Å². The first kappa shape index (κ1) is 24.3. The fraction of sp³-hybridized carbons (Fsp3) is 0.385. The van der Waals surface area contributed by atoms with Crippen molar-refractivity contribution in [1.29, 1.82) is 0 Å². The number of likely N-dealkylation sites (tertiary alicyclic amines) is 1. The number of aliphatic hydroxyl groups is 1. The van der Waals surface area contributed by atoms with Gasteiger partial charge in [0.05, 0.1) is 25.8 Å². The standard InChI is InChI=1S/C26H32N2O5/c1-16(2)17-7-9-18(10-8-17)23-22(25(30)26(31)28(23)14-13-27(3)4)24(29)19-11-12-20(32-5)21(15-19)33-6/h7-12,15-16,23,29H,13-14H2,1-6H3/b24-22+/t23-/m0/s1. The van der Waals surface area contributed by atoms with E-state index in [9.17, 15) is 14.7 Å². The van der Waals surface area contributed by atoms with Crippen molar-refractivity contribution in [3.8, 4) is 11.5 Å². The maximum Gasteiger partial charge on any atom is 0.295 e. The summed E-state index contributed by atoms with van der Waals surface area (Å²) in [7, 11) is 6.84. The summed E-state index contributed by atoms with van der Waals surface area (Å²) in [4.78, 5) is 29.6. The molecule has 7 heteroatoms. The molecule has 1 heterocycles. The summed E-state index contributed by atoms with van der Waals surface area (Å²) in [5.74, 6) is -0.274. The van der Waals surface area contributed by atoms with Gasteiger partial charge in [0.25, 0.3) is 11.7 Å². The highest BCUT2D eigenvalue weighted by Crippen LogP contribution is 2.40. The van der Waals surface area contributed by atoms with E-state index >= 15 is 0 Å². The molecular weight excluding hydrogens is 420 g/mol. The number of likely N-dealkylation sites (N-methyl/N-ethyl adjacent to an activating group) is 1. The number of ether oxygens (including phenoxy) is 2. The molecule has 1 amide bonds. The number of aliphatic hydroxyl groups excluding tert-OH is 1. The highest BCUT2D eigenvalue weighted by atomic mass is 16.5. The van der Waals surface area contributed by atoms with Gasteiger partial charge in [0, 0.05) is 18.7 Å². The van der Waals surface area contributed by atoms with Crippen LogP contribution in [0.15, 0.2) is 48.0 Å². The number of Topliss-reactive ketones (excluding diaryl/α,β-unsaturated/α-hetero) is 1. The highest BCUT2D eigenvalue weighted by Gasteiger charge is 2.45. The Bertz CT molecular complexity index is 1060. The third-order valence-electron chi connectivity index (χ3n) is 5.90. The van der Waals surface area contributed by atoms with Crippen LogP contribution in [-0.2, 0) is 9.59 Å². The molecule has 0 bridgehead atoms. The fourth-order valence-corrected chi connectivity index (χ4v) is 3.97. The lowest BCUT2D eigenvalue weighted by atomic mass is 9.93. The Balaban J connectivity index is 2.15. The number of amides is 1. The molecule has 2 aromatic rings. The van der Waals surface area contributed by atoms with Crippen LogP contribution in [-0.4, -0.2) is 68.0 Å². The van der Waals surface area contributed by atoms with Crippen molar-refractivity contribution in [2.24, 2.45) is 0 Å². The number of hydrogen-bond acceptors (Lipinski definition) is 6. The van der Waals surface area contributed by atoms with Crippen molar-refractivity contribution in [3.63, 3.8) is 0 Å². The number of benzene rings is 2. The average molecular weight is 453 g/mol. The maximum atomic E-state index is 13.1. The average Bonchev–Trinajstić information content (AvgIpc) is 3.06. The Morgan fingerprint density at radius 1 is 1.03 bits per heavy atom. The summed E-state index contributed by atoms with van der Waals surface area (Å²) in [6.07, 6.45) is 0. The third kappa shape index (κ3) is 4.88. The normalized spacial score (nSPS) is 17.8. The van der Waals surface area contributed by atoms with Crippen molar-refractivity contribution >= 4 is 17.4 Å². The highest BCUT2D eigenvalue weighted by molar-refractivity contribution is 6.46. The molecule has 0 unspecified atom stereocenters.